The first-order chi connectivity index (χ1) is 12.2. The topological polar surface area (TPSA) is 64.8 Å². The number of nitrogens with zero attached hydrogens (tertiary/aromatic N) is 1. The molecule has 1 atom stereocenters. The van der Waals surface area contributed by atoms with Crippen LogP contribution in [0.15, 0.2) is 48.5 Å². The van der Waals surface area contributed by atoms with Gasteiger partial charge in [0.05, 0.1) is 6.54 Å². The lowest BCUT2D eigenvalue weighted by molar-refractivity contribution is 0.0462. The van der Waals surface area contributed by atoms with E-state index in [-0.39, 0.29) is 24.4 Å². The highest BCUT2D eigenvalue weighted by Gasteiger charge is 2.25. The fraction of sp³-hybridized carbons (Fsp3) is 0.350. The molecular weight excluding hydrogens is 352 g/mol. The molecule has 0 aliphatic carbocycles. The first-order valence-electron chi connectivity index (χ1n) is 8.68. The molecule has 1 unspecified atom stereocenters. The van der Waals surface area contributed by atoms with Crippen molar-refractivity contribution in [3.63, 3.8) is 0 Å². The van der Waals surface area contributed by atoms with Gasteiger partial charge in [-0.1, -0.05) is 31.2 Å². The van der Waals surface area contributed by atoms with Crippen molar-refractivity contribution >= 4 is 18.3 Å². The SMILES string of the molecule is CCCN(CC1COc2ccccc2O1)C(=O)c1ccc(CN)cc1.Cl. The average Bonchev–Trinajstić information content (AvgIpc) is 2.67. The molecule has 0 bridgehead atoms. The van der Waals surface area contributed by atoms with Crippen LogP contribution in [0.5, 0.6) is 11.5 Å². The number of ether oxygens (including phenoxy) is 2. The van der Waals surface area contributed by atoms with Crippen LogP contribution in [0.2, 0.25) is 0 Å². The molecule has 0 fully saturated rings. The third kappa shape index (κ3) is 4.68. The fourth-order valence-corrected chi connectivity index (χ4v) is 2.91. The van der Waals surface area contributed by atoms with Crippen LogP contribution >= 0.6 is 12.4 Å². The summed E-state index contributed by atoms with van der Waals surface area (Å²) in [5, 5.41) is 0. The number of fused-ring (bicyclic) bond motifs is 1. The number of hydrogen-bond acceptors (Lipinski definition) is 4. The van der Waals surface area contributed by atoms with Crippen molar-refractivity contribution in [2.45, 2.75) is 26.0 Å². The van der Waals surface area contributed by atoms with Crippen LogP contribution in [-0.4, -0.2) is 36.6 Å². The average molecular weight is 377 g/mol. The van der Waals surface area contributed by atoms with Gasteiger partial charge in [0.2, 0.25) is 0 Å². The molecule has 6 heteroatoms. The molecule has 3 rings (SSSR count). The number of carbonyl (C=O) groups excluding carboxylic acids is 1. The molecule has 5 nitrogen and oxygen atoms in total. The first kappa shape index (κ1) is 20.1. The number of nitrogens with two attached hydrogens (primary N) is 1. The standard InChI is InChI=1S/C20H24N2O3.ClH/c1-2-11-22(20(23)16-9-7-15(12-21)8-10-16)13-17-14-24-18-5-3-4-6-19(18)25-17;/h3-10,17H,2,11-14,21H2,1H3;1H. The normalized spacial score (nSPS) is 15.1. The highest BCUT2D eigenvalue weighted by molar-refractivity contribution is 5.94. The van der Waals surface area contributed by atoms with Crippen LogP contribution < -0.4 is 15.2 Å². The van der Waals surface area contributed by atoms with Crippen molar-refractivity contribution in [3.8, 4) is 11.5 Å². The van der Waals surface area contributed by atoms with Crippen LogP contribution in [0.3, 0.4) is 0 Å². The zero-order chi connectivity index (χ0) is 17.6. The molecule has 2 aromatic carbocycles. The molecule has 1 amide bonds. The molecule has 0 saturated carbocycles. The van der Waals surface area contributed by atoms with E-state index in [0.29, 0.717) is 31.8 Å². The van der Waals surface area contributed by atoms with Crippen LogP contribution in [-0.2, 0) is 6.54 Å². The van der Waals surface area contributed by atoms with E-state index in [1.165, 1.54) is 0 Å². The summed E-state index contributed by atoms with van der Waals surface area (Å²) in [5.74, 6) is 1.49. The molecule has 1 aliphatic rings. The van der Waals surface area contributed by atoms with E-state index in [2.05, 4.69) is 6.92 Å². The van der Waals surface area contributed by atoms with Crippen molar-refractivity contribution < 1.29 is 14.3 Å². The summed E-state index contributed by atoms with van der Waals surface area (Å²) in [6.07, 6.45) is 0.713. The molecule has 2 aromatic rings. The highest BCUT2D eigenvalue weighted by Crippen LogP contribution is 2.31. The second-order valence-electron chi connectivity index (χ2n) is 6.15. The monoisotopic (exact) mass is 376 g/mol. The van der Waals surface area contributed by atoms with Gasteiger partial charge in [-0.05, 0) is 36.2 Å². The van der Waals surface area contributed by atoms with Gasteiger partial charge in [-0.25, -0.2) is 0 Å². The molecule has 26 heavy (non-hydrogen) atoms. The maximum absolute atomic E-state index is 12.9. The number of carbonyl (C=O) groups is 1. The van der Waals surface area contributed by atoms with Crippen molar-refractivity contribution in [1.82, 2.24) is 4.90 Å². The zero-order valence-electron chi connectivity index (χ0n) is 14.9. The summed E-state index contributed by atoms with van der Waals surface area (Å²) in [6, 6.07) is 15.1. The Labute approximate surface area is 160 Å². The van der Waals surface area contributed by atoms with Gasteiger partial charge in [-0.15, -0.1) is 12.4 Å². The van der Waals surface area contributed by atoms with E-state index < -0.39 is 0 Å². The third-order valence-corrected chi connectivity index (χ3v) is 4.21. The van der Waals surface area contributed by atoms with Gasteiger partial charge in [-0.3, -0.25) is 4.79 Å². The molecule has 2 N–H and O–H groups in total. The summed E-state index contributed by atoms with van der Waals surface area (Å²) < 4.78 is 11.7. The van der Waals surface area contributed by atoms with E-state index in [1.54, 1.807) is 0 Å². The predicted octanol–water partition coefficient (Wildman–Crippen LogP) is 3.26. The molecule has 1 heterocycles. The molecular formula is C20H25ClN2O3. The Kier molecular flexibility index (Phi) is 7.30. The summed E-state index contributed by atoms with van der Waals surface area (Å²) in [4.78, 5) is 14.7. The Morgan fingerprint density at radius 1 is 1.15 bits per heavy atom. The van der Waals surface area contributed by atoms with Crippen LogP contribution in [0.25, 0.3) is 0 Å². The van der Waals surface area contributed by atoms with Gasteiger partial charge in [0.15, 0.2) is 17.6 Å². The minimum atomic E-state index is -0.172. The van der Waals surface area contributed by atoms with Crippen molar-refractivity contribution in [1.29, 1.82) is 0 Å². The minimum Gasteiger partial charge on any atom is -0.486 e. The highest BCUT2D eigenvalue weighted by atomic mass is 35.5. The number of para-hydroxylation sites is 2. The second-order valence-corrected chi connectivity index (χ2v) is 6.15. The van der Waals surface area contributed by atoms with E-state index in [0.717, 1.165) is 23.5 Å². The molecule has 0 spiro atoms. The number of amides is 1. The van der Waals surface area contributed by atoms with Crippen molar-refractivity contribution in [2.75, 3.05) is 19.7 Å². The second kappa shape index (κ2) is 9.46. The summed E-state index contributed by atoms with van der Waals surface area (Å²) in [7, 11) is 0. The molecule has 1 aliphatic heterocycles. The van der Waals surface area contributed by atoms with Crippen LogP contribution in [0.4, 0.5) is 0 Å². The lowest BCUT2D eigenvalue weighted by atomic mass is 10.1. The largest absolute Gasteiger partial charge is 0.486 e. The van der Waals surface area contributed by atoms with E-state index >= 15 is 0 Å². The Morgan fingerprint density at radius 2 is 1.85 bits per heavy atom. The summed E-state index contributed by atoms with van der Waals surface area (Å²) in [5.41, 5.74) is 7.30. The number of halogens is 1. The zero-order valence-corrected chi connectivity index (χ0v) is 15.7. The lowest BCUT2D eigenvalue weighted by Gasteiger charge is -2.31. The van der Waals surface area contributed by atoms with Crippen LogP contribution in [0, 0.1) is 0 Å². The van der Waals surface area contributed by atoms with E-state index in [4.69, 9.17) is 15.2 Å². The van der Waals surface area contributed by atoms with E-state index in [9.17, 15) is 4.79 Å². The third-order valence-electron chi connectivity index (χ3n) is 4.21. The Bertz CT molecular complexity index is 721. The van der Waals surface area contributed by atoms with Gasteiger partial charge in [0.25, 0.3) is 5.91 Å². The number of rotatable bonds is 6. The maximum atomic E-state index is 12.9. The summed E-state index contributed by atoms with van der Waals surface area (Å²) >= 11 is 0. The Morgan fingerprint density at radius 3 is 2.50 bits per heavy atom. The van der Waals surface area contributed by atoms with Gasteiger partial charge in [0, 0.05) is 18.7 Å². The first-order valence-corrected chi connectivity index (χ1v) is 8.68. The fourth-order valence-electron chi connectivity index (χ4n) is 2.91. The van der Waals surface area contributed by atoms with Crippen molar-refractivity contribution in [2.24, 2.45) is 5.73 Å². The van der Waals surface area contributed by atoms with E-state index in [1.807, 2.05) is 53.4 Å². The molecule has 0 aromatic heterocycles. The predicted molar refractivity (Wildman–Crippen MR) is 104 cm³/mol. The van der Waals surface area contributed by atoms with Gasteiger partial charge in [0.1, 0.15) is 6.61 Å². The van der Waals surface area contributed by atoms with Gasteiger partial charge < -0.3 is 20.1 Å². The molecule has 0 radical (unpaired) electrons. The Hall–Kier alpha value is -2.24. The summed E-state index contributed by atoms with van der Waals surface area (Å²) in [6.45, 7) is 4.15. The van der Waals surface area contributed by atoms with Gasteiger partial charge >= 0.3 is 0 Å². The van der Waals surface area contributed by atoms with Crippen molar-refractivity contribution in [3.05, 3.63) is 59.7 Å². The number of hydrogen-bond donors (Lipinski definition) is 1. The maximum Gasteiger partial charge on any atom is 0.253 e. The number of benzene rings is 2. The quantitative estimate of drug-likeness (QED) is 0.840. The molecule has 0 saturated heterocycles. The smallest absolute Gasteiger partial charge is 0.253 e. The minimum absolute atomic E-state index is 0. The van der Waals surface area contributed by atoms with Crippen LogP contribution in [0.1, 0.15) is 29.3 Å². The Balaban J connectivity index is 0.00000243. The molecule has 140 valence electrons. The lowest BCUT2D eigenvalue weighted by Crippen LogP contribution is -2.44. The van der Waals surface area contributed by atoms with Gasteiger partial charge in [-0.2, -0.15) is 0 Å².